The lowest BCUT2D eigenvalue weighted by Gasteiger charge is -2.21. The van der Waals surface area contributed by atoms with E-state index in [9.17, 15) is 17.6 Å². The van der Waals surface area contributed by atoms with Gasteiger partial charge in [-0.15, -0.1) is 0 Å². The van der Waals surface area contributed by atoms with Crippen molar-refractivity contribution in [1.29, 1.82) is 0 Å². The van der Waals surface area contributed by atoms with E-state index < -0.39 is 35.5 Å². The third kappa shape index (κ3) is 2.67. The van der Waals surface area contributed by atoms with Gasteiger partial charge in [-0.1, -0.05) is 0 Å². The molecule has 0 aliphatic carbocycles. The van der Waals surface area contributed by atoms with Crippen LogP contribution in [0.1, 0.15) is 5.56 Å². The fraction of sp³-hybridized carbons (Fsp3) is 0.182. The van der Waals surface area contributed by atoms with Crippen molar-refractivity contribution in [3.05, 3.63) is 47.4 Å². The fourth-order valence-corrected chi connectivity index (χ4v) is 1.43. The van der Waals surface area contributed by atoms with Crippen LogP contribution >= 0.6 is 0 Å². The second-order valence-corrected chi connectivity index (χ2v) is 3.63. The summed E-state index contributed by atoms with van der Waals surface area (Å²) in [5.41, 5.74) is -0.449. The summed E-state index contributed by atoms with van der Waals surface area (Å²) in [5, 5.41) is 4.74. The highest BCUT2D eigenvalue weighted by molar-refractivity contribution is 5.58. The van der Waals surface area contributed by atoms with Crippen molar-refractivity contribution < 1.29 is 17.6 Å². The van der Waals surface area contributed by atoms with Gasteiger partial charge in [0.2, 0.25) is 0 Å². The predicted octanol–water partition coefficient (Wildman–Crippen LogP) is 1.96. The molecule has 1 atom stereocenters. The Morgan fingerprint density at radius 3 is 2.44 bits per heavy atom. The first-order valence-corrected chi connectivity index (χ1v) is 5.05. The van der Waals surface area contributed by atoms with Gasteiger partial charge in [0, 0.05) is 36.5 Å². The Labute approximate surface area is 100 Å². The molecule has 0 bridgehead atoms. The van der Waals surface area contributed by atoms with Gasteiger partial charge in [-0.05, 0) is 0 Å². The van der Waals surface area contributed by atoms with E-state index in [1.54, 1.807) is 0 Å². The van der Waals surface area contributed by atoms with Crippen LogP contribution in [0.3, 0.4) is 0 Å². The molecule has 0 radical (unpaired) electrons. The van der Waals surface area contributed by atoms with Crippen LogP contribution in [0.2, 0.25) is 0 Å². The Hall–Kier alpha value is -1.89. The number of nitrogens with zero attached hydrogens (tertiary/aromatic N) is 1. The second-order valence-electron chi connectivity index (χ2n) is 3.63. The first kappa shape index (κ1) is 12.6. The van der Waals surface area contributed by atoms with Crippen LogP contribution in [0.25, 0.3) is 0 Å². The Morgan fingerprint density at radius 2 is 1.89 bits per heavy atom. The molecule has 0 spiro atoms. The zero-order chi connectivity index (χ0) is 13.2. The molecule has 1 aromatic carbocycles. The lowest BCUT2D eigenvalue weighted by molar-refractivity contribution is 0.182. The SMILES string of the molecule is Fc1cc(F)c(CNC2(F)C=CNC=N2)c(F)c1. The van der Waals surface area contributed by atoms with E-state index in [0.29, 0.717) is 12.1 Å². The normalized spacial score (nSPS) is 22.0. The van der Waals surface area contributed by atoms with E-state index in [4.69, 9.17) is 0 Å². The monoisotopic (exact) mass is 259 g/mol. The van der Waals surface area contributed by atoms with Crippen molar-refractivity contribution in [1.82, 2.24) is 10.6 Å². The molecule has 96 valence electrons. The van der Waals surface area contributed by atoms with Gasteiger partial charge in [-0.2, -0.15) is 4.39 Å². The molecule has 1 aliphatic heterocycles. The van der Waals surface area contributed by atoms with Crippen molar-refractivity contribution in [2.45, 2.75) is 12.5 Å². The average molecular weight is 259 g/mol. The maximum Gasteiger partial charge on any atom is 0.277 e. The van der Waals surface area contributed by atoms with Crippen LogP contribution in [-0.4, -0.2) is 12.3 Å². The quantitative estimate of drug-likeness (QED) is 0.643. The van der Waals surface area contributed by atoms with Gasteiger partial charge in [0.25, 0.3) is 5.92 Å². The highest BCUT2D eigenvalue weighted by Crippen LogP contribution is 2.18. The van der Waals surface area contributed by atoms with Crippen LogP contribution < -0.4 is 10.6 Å². The minimum absolute atomic E-state index is 0.449. The van der Waals surface area contributed by atoms with Crippen LogP contribution in [0, 0.1) is 17.5 Å². The smallest absolute Gasteiger partial charge is 0.277 e. The van der Waals surface area contributed by atoms with E-state index >= 15 is 0 Å². The Morgan fingerprint density at radius 1 is 1.22 bits per heavy atom. The summed E-state index contributed by atoms with van der Waals surface area (Å²) in [6, 6.07) is 1.07. The Kier molecular flexibility index (Phi) is 3.33. The molecule has 0 fully saturated rings. The molecule has 1 heterocycles. The minimum atomic E-state index is -2.24. The number of nitrogens with one attached hydrogen (secondary N) is 2. The van der Waals surface area contributed by atoms with Gasteiger partial charge < -0.3 is 5.32 Å². The zero-order valence-corrected chi connectivity index (χ0v) is 9.05. The molecule has 0 aromatic heterocycles. The number of hydrogen-bond donors (Lipinski definition) is 2. The fourth-order valence-electron chi connectivity index (χ4n) is 1.43. The molecule has 7 heteroatoms. The Bertz CT molecular complexity index is 478. The summed E-state index contributed by atoms with van der Waals surface area (Å²) in [6.45, 7) is -0.462. The topological polar surface area (TPSA) is 36.4 Å². The summed E-state index contributed by atoms with van der Waals surface area (Å²) in [4.78, 5) is 3.43. The van der Waals surface area contributed by atoms with Crippen LogP contribution in [-0.2, 0) is 6.54 Å². The molecule has 0 saturated carbocycles. The minimum Gasteiger partial charge on any atom is -0.353 e. The van der Waals surface area contributed by atoms with E-state index in [0.717, 1.165) is 12.4 Å². The summed E-state index contributed by atoms with van der Waals surface area (Å²) < 4.78 is 53.1. The molecule has 1 aliphatic rings. The van der Waals surface area contributed by atoms with Gasteiger partial charge in [0.1, 0.15) is 17.5 Å². The molecule has 18 heavy (non-hydrogen) atoms. The van der Waals surface area contributed by atoms with E-state index in [2.05, 4.69) is 15.6 Å². The highest BCUT2D eigenvalue weighted by Gasteiger charge is 2.26. The van der Waals surface area contributed by atoms with Crippen LogP contribution in [0.15, 0.2) is 29.4 Å². The second kappa shape index (κ2) is 4.77. The van der Waals surface area contributed by atoms with Gasteiger partial charge >= 0.3 is 0 Å². The predicted molar refractivity (Wildman–Crippen MR) is 57.8 cm³/mol. The zero-order valence-electron chi connectivity index (χ0n) is 9.05. The third-order valence-electron chi connectivity index (χ3n) is 2.35. The van der Waals surface area contributed by atoms with Crippen molar-refractivity contribution >= 4 is 6.34 Å². The molecule has 3 nitrogen and oxygen atoms in total. The first-order chi connectivity index (χ1) is 8.50. The number of halogens is 4. The van der Waals surface area contributed by atoms with Gasteiger partial charge in [-0.25, -0.2) is 18.2 Å². The molecule has 1 aromatic rings. The lowest BCUT2D eigenvalue weighted by Crippen LogP contribution is -2.39. The largest absolute Gasteiger partial charge is 0.353 e. The third-order valence-corrected chi connectivity index (χ3v) is 2.35. The van der Waals surface area contributed by atoms with Crippen molar-refractivity contribution in [3.63, 3.8) is 0 Å². The molecule has 1 unspecified atom stereocenters. The number of benzene rings is 1. The van der Waals surface area contributed by atoms with Gasteiger partial charge in [0.15, 0.2) is 0 Å². The number of rotatable bonds is 3. The lowest BCUT2D eigenvalue weighted by atomic mass is 10.2. The standard InChI is InChI=1S/C11H9F4N3/c12-7-3-9(13)8(10(14)4-7)5-17-11(15)1-2-16-6-18-11/h1-4,6,17H,5H2,(H,16,18). The molecule has 2 rings (SSSR count). The number of alkyl halides is 1. The van der Waals surface area contributed by atoms with Crippen molar-refractivity contribution in [2.24, 2.45) is 4.99 Å². The number of hydrogen-bond acceptors (Lipinski definition) is 3. The maximum absolute atomic E-state index is 13.8. The molecule has 2 N–H and O–H groups in total. The molecular weight excluding hydrogens is 250 g/mol. The summed E-state index contributed by atoms with van der Waals surface area (Å²) in [7, 11) is 0. The van der Waals surface area contributed by atoms with Gasteiger partial charge in [-0.3, -0.25) is 5.32 Å². The van der Waals surface area contributed by atoms with Crippen LogP contribution in [0.4, 0.5) is 17.6 Å². The maximum atomic E-state index is 13.8. The molecule has 0 saturated heterocycles. The molecule has 0 amide bonds. The van der Waals surface area contributed by atoms with Crippen LogP contribution in [0.5, 0.6) is 0 Å². The van der Waals surface area contributed by atoms with Crippen molar-refractivity contribution in [2.75, 3.05) is 0 Å². The van der Waals surface area contributed by atoms with Gasteiger partial charge in [0.05, 0.1) is 6.34 Å². The Balaban J connectivity index is 2.13. The summed E-state index contributed by atoms with van der Waals surface area (Å²) in [5.74, 6) is -5.42. The van der Waals surface area contributed by atoms with Crippen molar-refractivity contribution in [3.8, 4) is 0 Å². The average Bonchev–Trinajstić information content (AvgIpc) is 2.28. The summed E-state index contributed by atoms with van der Waals surface area (Å²) >= 11 is 0. The van der Waals surface area contributed by atoms with E-state index in [1.165, 1.54) is 6.20 Å². The van der Waals surface area contributed by atoms with E-state index in [-0.39, 0.29) is 0 Å². The van der Waals surface area contributed by atoms with E-state index in [1.807, 2.05) is 0 Å². The summed E-state index contributed by atoms with van der Waals surface area (Å²) in [6.07, 6.45) is 3.44. The highest BCUT2D eigenvalue weighted by atomic mass is 19.2. The number of aliphatic imine (C=N–C) groups is 1. The first-order valence-electron chi connectivity index (χ1n) is 5.05. The molecular formula is C11H9F4N3.